The van der Waals surface area contributed by atoms with Crippen molar-refractivity contribution in [2.75, 3.05) is 5.32 Å². The van der Waals surface area contributed by atoms with E-state index in [0.717, 1.165) is 23.0 Å². The Morgan fingerprint density at radius 3 is 2.28 bits per heavy atom. The van der Waals surface area contributed by atoms with Crippen LogP contribution in [-0.2, 0) is 22.6 Å². The zero-order chi connectivity index (χ0) is 25.2. The Balaban J connectivity index is 1.47. The molecule has 9 heteroatoms. The van der Waals surface area contributed by atoms with E-state index in [1.807, 2.05) is 0 Å². The fourth-order valence-corrected chi connectivity index (χ4v) is 4.03. The van der Waals surface area contributed by atoms with Crippen LogP contribution in [0, 0.1) is 5.82 Å². The van der Waals surface area contributed by atoms with Crippen LogP contribution in [0.15, 0.2) is 82.4 Å². The van der Waals surface area contributed by atoms with Crippen molar-refractivity contribution < 1.29 is 14.0 Å². The Kier molecular flexibility index (Phi) is 6.20. The molecule has 5 rings (SSSR count). The summed E-state index contributed by atoms with van der Waals surface area (Å²) in [7, 11) is 0. The smallest absolute Gasteiger partial charge is 0.336 e. The molecule has 4 aromatic rings. The first kappa shape index (κ1) is 23.2. The highest BCUT2D eigenvalue weighted by Crippen LogP contribution is 2.19. The Morgan fingerprint density at radius 1 is 0.889 bits per heavy atom. The van der Waals surface area contributed by atoms with Crippen LogP contribution in [0.3, 0.4) is 0 Å². The number of anilines is 1. The van der Waals surface area contributed by atoms with E-state index in [9.17, 15) is 23.6 Å². The molecule has 1 saturated carbocycles. The molecule has 1 aliphatic rings. The van der Waals surface area contributed by atoms with Gasteiger partial charge in [-0.05, 0) is 66.9 Å². The summed E-state index contributed by atoms with van der Waals surface area (Å²) in [6.07, 6.45) is 2.21. The summed E-state index contributed by atoms with van der Waals surface area (Å²) in [5.74, 6) is -1.00. The number of amides is 2. The highest BCUT2D eigenvalue weighted by molar-refractivity contribution is 5.91. The number of rotatable bonds is 7. The van der Waals surface area contributed by atoms with Crippen molar-refractivity contribution in [3.63, 3.8) is 0 Å². The lowest BCUT2D eigenvalue weighted by Gasteiger charge is -2.14. The van der Waals surface area contributed by atoms with Gasteiger partial charge in [-0.1, -0.05) is 24.3 Å². The van der Waals surface area contributed by atoms with E-state index in [2.05, 4.69) is 10.6 Å². The summed E-state index contributed by atoms with van der Waals surface area (Å²) in [5.41, 5.74) is 0.608. The van der Waals surface area contributed by atoms with Gasteiger partial charge in [-0.2, -0.15) is 0 Å². The molecular weight excluding hydrogens is 463 g/mol. The van der Waals surface area contributed by atoms with Gasteiger partial charge in [-0.25, -0.2) is 13.8 Å². The van der Waals surface area contributed by atoms with Crippen molar-refractivity contribution in [3.8, 4) is 5.69 Å². The summed E-state index contributed by atoms with van der Waals surface area (Å²) in [6, 6.07) is 18.7. The highest BCUT2D eigenvalue weighted by atomic mass is 19.1. The van der Waals surface area contributed by atoms with Crippen molar-refractivity contribution in [1.82, 2.24) is 14.5 Å². The molecule has 8 nitrogen and oxygen atoms in total. The van der Waals surface area contributed by atoms with E-state index in [4.69, 9.17) is 0 Å². The molecule has 1 fully saturated rings. The van der Waals surface area contributed by atoms with E-state index in [1.54, 1.807) is 48.5 Å². The third-order valence-corrected chi connectivity index (χ3v) is 5.98. The van der Waals surface area contributed by atoms with Crippen molar-refractivity contribution in [1.29, 1.82) is 0 Å². The zero-order valence-electron chi connectivity index (χ0n) is 19.2. The van der Waals surface area contributed by atoms with Crippen molar-refractivity contribution in [2.45, 2.75) is 31.8 Å². The molecule has 1 heterocycles. The lowest BCUT2D eigenvalue weighted by molar-refractivity contribution is -0.120. The monoisotopic (exact) mass is 486 g/mol. The largest absolute Gasteiger partial charge is 0.353 e. The minimum absolute atomic E-state index is 0.0670. The maximum absolute atomic E-state index is 13.5. The van der Waals surface area contributed by atoms with E-state index in [0.29, 0.717) is 16.9 Å². The molecule has 1 aliphatic carbocycles. The first-order valence-electron chi connectivity index (χ1n) is 11.6. The minimum atomic E-state index is -0.674. The molecule has 1 aromatic heterocycles. The van der Waals surface area contributed by atoms with E-state index < -0.39 is 23.0 Å². The number of fused-ring (bicyclic) bond motifs is 1. The molecule has 0 atom stereocenters. The number of carbonyl (C=O) groups excluding carboxylic acids is 2. The molecule has 36 heavy (non-hydrogen) atoms. The SMILES string of the molecule is O=C(Cn1c(=O)n(-c2ccc(CC(=O)NC3CC3)cc2)c(=O)c2ccccc21)Nc1ccc(F)cc1. The molecule has 182 valence electrons. The minimum Gasteiger partial charge on any atom is -0.353 e. The molecule has 0 radical (unpaired) electrons. The Labute approximate surface area is 205 Å². The lowest BCUT2D eigenvalue weighted by Crippen LogP contribution is -2.40. The fourth-order valence-electron chi connectivity index (χ4n) is 4.03. The standard InChI is InChI=1S/C27H23FN4O4/c28-18-7-9-19(10-8-18)30-25(34)16-31-23-4-2-1-3-22(23)26(35)32(27(31)36)21-13-5-17(6-14-21)15-24(33)29-20-11-12-20/h1-10,13-14,20H,11-12,15-16H2,(H,29,33)(H,30,34). The molecular formula is C27H23FN4O4. The number of hydrogen-bond donors (Lipinski definition) is 2. The van der Waals surface area contributed by atoms with E-state index in [1.165, 1.54) is 28.8 Å². The molecule has 2 amide bonds. The highest BCUT2D eigenvalue weighted by Gasteiger charge is 2.23. The third kappa shape index (κ3) is 4.95. The molecule has 0 spiro atoms. The van der Waals surface area contributed by atoms with Gasteiger partial charge in [0, 0.05) is 11.7 Å². The van der Waals surface area contributed by atoms with Crippen LogP contribution >= 0.6 is 0 Å². The Bertz CT molecular complexity index is 1570. The summed E-state index contributed by atoms with van der Waals surface area (Å²) in [4.78, 5) is 51.5. The average molecular weight is 487 g/mol. The molecule has 0 unspecified atom stereocenters. The van der Waals surface area contributed by atoms with Crippen LogP contribution in [0.5, 0.6) is 0 Å². The second-order valence-electron chi connectivity index (χ2n) is 8.77. The number of carbonyl (C=O) groups is 2. The summed E-state index contributed by atoms with van der Waals surface area (Å²) in [5, 5.41) is 5.84. The van der Waals surface area contributed by atoms with Gasteiger partial charge in [0.15, 0.2) is 0 Å². The van der Waals surface area contributed by atoms with Crippen LogP contribution in [0.2, 0.25) is 0 Å². The van der Waals surface area contributed by atoms with Gasteiger partial charge in [0.1, 0.15) is 12.4 Å². The normalized spacial score (nSPS) is 12.9. The molecule has 2 N–H and O–H groups in total. The van der Waals surface area contributed by atoms with Crippen LogP contribution in [-0.4, -0.2) is 27.0 Å². The summed E-state index contributed by atoms with van der Waals surface area (Å²) in [6.45, 7) is -0.351. The van der Waals surface area contributed by atoms with E-state index >= 15 is 0 Å². The Hall–Kier alpha value is -4.53. The number of para-hydroxylation sites is 1. The van der Waals surface area contributed by atoms with Gasteiger partial charge < -0.3 is 10.6 Å². The van der Waals surface area contributed by atoms with Gasteiger partial charge in [0.25, 0.3) is 5.56 Å². The quantitative estimate of drug-likeness (QED) is 0.419. The number of halogens is 1. The number of hydrogen-bond acceptors (Lipinski definition) is 4. The predicted octanol–water partition coefficient (Wildman–Crippen LogP) is 2.75. The topological polar surface area (TPSA) is 102 Å². The number of aromatic nitrogens is 2. The molecule has 0 saturated heterocycles. The molecule has 0 aliphatic heterocycles. The van der Waals surface area contributed by atoms with Crippen molar-refractivity contribution in [2.24, 2.45) is 0 Å². The van der Waals surface area contributed by atoms with Crippen LogP contribution in [0.4, 0.5) is 10.1 Å². The maximum atomic E-state index is 13.5. The van der Waals surface area contributed by atoms with Gasteiger partial charge in [0.05, 0.1) is 23.0 Å². The second-order valence-corrected chi connectivity index (χ2v) is 8.77. The van der Waals surface area contributed by atoms with Gasteiger partial charge in [-0.15, -0.1) is 0 Å². The van der Waals surface area contributed by atoms with Gasteiger partial charge in [-0.3, -0.25) is 19.0 Å². The molecule has 0 bridgehead atoms. The fraction of sp³-hybridized carbons (Fsp3) is 0.185. The second kappa shape index (κ2) is 9.61. The number of nitrogens with zero attached hydrogens (tertiary/aromatic N) is 2. The van der Waals surface area contributed by atoms with Gasteiger partial charge in [0.2, 0.25) is 11.8 Å². The Morgan fingerprint density at radius 2 is 1.58 bits per heavy atom. The van der Waals surface area contributed by atoms with E-state index in [-0.39, 0.29) is 30.3 Å². The third-order valence-electron chi connectivity index (χ3n) is 5.98. The average Bonchev–Trinajstić information content (AvgIpc) is 3.68. The number of nitrogens with one attached hydrogen (secondary N) is 2. The first-order valence-corrected chi connectivity index (χ1v) is 11.6. The summed E-state index contributed by atoms with van der Waals surface area (Å²) >= 11 is 0. The van der Waals surface area contributed by atoms with Crippen LogP contribution < -0.4 is 21.9 Å². The van der Waals surface area contributed by atoms with Crippen LogP contribution in [0.1, 0.15) is 18.4 Å². The molecule has 3 aromatic carbocycles. The summed E-state index contributed by atoms with van der Waals surface area (Å²) < 4.78 is 15.4. The van der Waals surface area contributed by atoms with Gasteiger partial charge >= 0.3 is 5.69 Å². The van der Waals surface area contributed by atoms with Crippen molar-refractivity contribution in [3.05, 3.63) is 105 Å². The first-order chi connectivity index (χ1) is 17.4. The van der Waals surface area contributed by atoms with Crippen LogP contribution in [0.25, 0.3) is 16.6 Å². The lowest BCUT2D eigenvalue weighted by atomic mass is 10.1. The zero-order valence-corrected chi connectivity index (χ0v) is 19.2. The van der Waals surface area contributed by atoms with Crippen molar-refractivity contribution >= 4 is 28.4 Å². The number of benzene rings is 3. The predicted molar refractivity (Wildman–Crippen MR) is 134 cm³/mol. The maximum Gasteiger partial charge on any atom is 0.336 e.